The highest BCUT2D eigenvalue weighted by molar-refractivity contribution is 6.00. The van der Waals surface area contributed by atoms with Crippen LogP contribution < -0.4 is 10.9 Å². The van der Waals surface area contributed by atoms with Gasteiger partial charge < -0.3 is 0 Å². The van der Waals surface area contributed by atoms with Gasteiger partial charge in [0.25, 0.3) is 0 Å². The van der Waals surface area contributed by atoms with E-state index in [1.165, 1.54) is 0 Å². The van der Waals surface area contributed by atoms with Crippen molar-refractivity contribution in [3.8, 4) is 0 Å². The summed E-state index contributed by atoms with van der Waals surface area (Å²) in [5, 5.41) is 0. The highest BCUT2D eigenvalue weighted by atomic mass is 15.4. The molecule has 1 heterocycles. The zero-order chi connectivity index (χ0) is 9.68. The van der Waals surface area contributed by atoms with Crippen molar-refractivity contribution in [2.45, 2.75) is 26.7 Å². The van der Waals surface area contributed by atoms with E-state index in [1.807, 2.05) is 0 Å². The minimum atomic E-state index is 0.916. The van der Waals surface area contributed by atoms with E-state index in [1.54, 1.807) is 13.4 Å². The quantitative estimate of drug-likeness (QED) is 0.642. The van der Waals surface area contributed by atoms with Crippen LogP contribution in [0, 0.1) is 0 Å². The first-order valence-corrected chi connectivity index (χ1v) is 4.56. The SMILES string of the molecule is CCC(=NC)C1=C(CC)N=CNN1. The van der Waals surface area contributed by atoms with Gasteiger partial charge in [-0.1, -0.05) is 13.8 Å². The first-order chi connectivity index (χ1) is 6.33. The number of hydrogen-bond acceptors (Lipinski definition) is 4. The molecule has 4 nitrogen and oxygen atoms in total. The fourth-order valence-corrected chi connectivity index (χ4v) is 1.30. The van der Waals surface area contributed by atoms with E-state index >= 15 is 0 Å². The molecule has 0 radical (unpaired) electrons. The number of rotatable bonds is 3. The zero-order valence-corrected chi connectivity index (χ0v) is 8.39. The monoisotopic (exact) mass is 180 g/mol. The minimum Gasteiger partial charge on any atom is -0.296 e. The Labute approximate surface area is 78.8 Å². The summed E-state index contributed by atoms with van der Waals surface area (Å²) < 4.78 is 0. The largest absolute Gasteiger partial charge is 0.296 e. The molecule has 0 amide bonds. The van der Waals surface area contributed by atoms with Crippen molar-refractivity contribution in [1.82, 2.24) is 10.9 Å². The summed E-state index contributed by atoms with van der Waals surface area (Å²) in [7, 11) is 1.80. The molecule has 0 aromatic heterocycles. The lowest BCUT2D eigenvalue weighted by atomic mass is 10.1. The minimum absolute atomic E-state index is 0.916. The Morgan fingerprint density at radius 3 is 2.85 bits per heavy atom. The van der Waals surface area contributed by atoms with Crippen molar-refractivity contribution in [2.75, 3.05) is 7.05 Å². The van der Waals surface area contributed by atoms with Gasteiger partial charge >= 0.3 is 0 Å². The Hall–Kier alpha value is -1.32. The molecule has 2 N–H and O–H groups in total. The van der Waals surface area contributed by atoms with E-state index in [2.05, 4.69) is 34.7 Å². The lowest BCUT2D eigenvalue weighted by molar-refractivity contribution is 0.758. The summed E-state index contributed by atoms with van der Waals surface area (Å²) in [6.45, 7) is 4.17. The molecule has 0 fully saturated rings. The lowest BCUT2D eigenvalue weighted by Crippen LogP contribution is -2.36. The molecule has 0 atom stereocenters. The van der Waals surface area contributed by atoms with E-state index < -0.39 is 0 Å². The van der Waals surface area contributed by atoms with E-state index in [-0.39, 0.29) is 0 Å². The fraction of sp³-hybridized carbons (Fsp3) is 0.556. The van der Waals surface area contributed by atoms with Gasteiger partial charge in [-0.25, -0.2) is 4.99 Å². The van der Waals surface area contributed by atoms with Crippen molar-refractivity contribution in [2.24, 2.45) is 9.98 Å². The zero-order valence-electron chi connectivity index (χ0n) is 8.39. The molecule has 1 aliphatic rings. The van der Waals surface area contributed by atoms with E-state index in [0.717, 1.165) is 29.9 Å². The number of aliphatic imine (C=N–C) groups is 2. The molecule has 0 bridgehead atoms. The van der Waals surface area contributed by atoms with Crippen molar-refractivity contribution < 1.29 is 0 Å². The van der Waals surface area contributed by atoms with Crippen LogP contribution in [-0.2, 0) is 0 Å². The number of hydrazine groups is 1. The summed E-state index contributed by atoms with van der Waals surface area (Å²) in [6.07, 6.45) is 3.49. The second-order valence-electron chi connectivity index (χ2n) is 2.73. The van der Waals surface area contributed by atoms with Crippen LogP contribution in [0.3, 0.4) is 0 Å². The lowest BCUT2D eigenvalue weighted by Gasteiger charge is -2.18. The van der Waals surface area contributed by atoms with Crippen LogP contribution in [0.25, 0.3) is 0 Å². The van der Waals surface area contributed by atoms with Crippen LogP contribution in [0.5, 0.6) is 0 Å². The van der Waals surface area contributed by atoms with Gasteiger partial charge in [-0.15, -0.1) is 0 Å². The maximum absolute atomic E-state index is 4.25. The molecule has 13 heavy (non-hydrogen) atoms. The Balaban J connectivity index is 2.97. The van der Waals surface area contributed by atoms with Crippen LogP contribution in [0.2, 0.25) is 0 Å². The maximum Gasteiger partial charge on any atom is 0.107 e. The van der Waals surface area contributed by atoms with Crippen molar-refractivity contribution in [3.63, 3.8) is 0 Å². The molecule has 0 saturated carbocycles. The first-order valence-electron chi connectivity index (χ1n) is 4.56. The standard InChI is InChI=1S/C9H16N4/c1-4-7(10-3)9-8(5-2)11-6-12-13-9/h6,13H,4-5H2,1-3H3,(H,11,12). The van der Waals surface area contributed by atoms with E-state index in [4.69, 9.17) is 0 Å². The average Bonchev–Trinajstić information content (AvgIpc) is 2.20. The van der Waals surface area contributed by atoms with E-state index in [0.29, 0.717) is 0 Å². The van der Waals surface area contributed by atoms with Gasteiger partial charge in [0, 0.05) is 7.05 Å². The molecule has 0 spiro atoms. The summed E-state index contributed by atoms with van der Waals surface area (Å²) >= 11 is 0. The summed E-state index contributed by atoms with van der Waals surface area (Å²) in [4.78, 5) is 8.46. The molecule has 4 heteroatoms. The van der Waals surface area contributed by atoms with Gasteiger partial charge in [-0.2, -0.15) is 0 Å². The highest BCUT2D eigenvalue weighted by Gasteiger charge is 2.11. The molecule has 72 valence electrons. The molecule has 0 aliphatic carbocycles. The second-order valence-corrected chi connectivity index (χ2v) is 2.73. The number of hydrogen-bond donors (Lipinski definition) is 2. The van der Waals surface area contributed by atoms with Gasteiger partial charge in [0.15, 0.2) is 0 Å². The molecule has 0 aromatic carbocycles. The molecular formula is C9H16N4. The Morgan fingerprint density at radius 1 is 1.54 bits per heavy atom. The molecule has 0 saturated heterocycles. The summed E-state index contributed by atoms with van der Waals surface area (Å²) in [5.41, 5.74) is 9.08. The van der Waals surface area contributed by atoms with Crippen LogP contribution in [0.4, 0.5) is 0 Å². The highest BCUT2D eigenvalue weighted by Crippen LogP contribution is 2.12. The molecule has 1 aliphatic heterocycles. The van der Waals surface area contributed by atoms with Crippen LogP contribution >= 0.6 is 0 Å². The molecule has 1 rings (SSSR count). The van der Waals surface area contributed by atoms with Gasteiger partial charge in [0.2, 0.25) is 0 Å². The number of allylic oxidation sites excluding steroid dienone is 2. The van der Waals surface area contributed by atoms with Gasteiger partial charge in [0.1, 0.15) is 6.34 Å². The predicted molar refractivity (Wildman–Crippen MR) is 55.7 cm³/mol. The van der Waals surface area contributed by atoms with Crippen molar-refractivity contribution in [1.29, 1.82) is 0 Å². The second kappa shape index (κ2) is 4.64. The normalized spacial score (nSPS) is 17.0. The van der Waals surface area contributed by atoms with Gasteiger partial charge in [0.05, 0.1) is 17.1 Å². The third kappa shape index (κ3) is 2.08. The summed E-state index contributed by atoms with van der Waals surface area (Å²) in [6, 6.07) is 0. The average molecular weight is 180 g/mol. The van der Waals surface area contributed by atoms with Crippen LogP contribution in [0.1, 0.15) is 26.7 Å². The predicted octanol–water partition coefficient (Wildman–Crippen LogP) is 1.22. The maximum atomic E-state index is 4.25. The Bertz CT molecular complexity index is 263. The van der Waals surface area contributed by atoms with Gasteiger partial charge in [-0.05, 0) is 12.8 Å². The first kappa shape index (κ1) is 9.77. The topological polar surface area (TPSA) is 48.8 Å². The van der Waals surface area contributed by atoms with Crippen molar-refractivity contribution in [3.05, 3.63) is 11.4 Å². The molecule has 0 aromatic rings. The summed E-state index contributed by atoms with van der Waals surface area (Å²) in [5.74, 6) is 0. The van der Waals surface area contributed by atoms with Crippen LogP contribution in [-0.4, -0.2) is 19.1 Å². The van der Waals surface area contributed by atoms with Gasteiger partial charge in [-0.3, -0.25) is 15.8 Å². The number of nitrogens with zero attached hydrogens (tertiary/aromatic N) is 2. The Morgan fingerprint density at radius 2 is 2.31 bits per heavy atom. The third-order valence-corrected chi connectivity index (χ3v) is 2.00. The third-order valence-electron chi connectivity index (χ3n) is 2.00. The van der Waals surface area contributed by atoms with Crippen molar-refractivity contribution >= 4 is 12.1 Å². The smallest absolute Gasteiger partial charge is 0.107 e. The van der Waals surface area contributed by atoms with Crippen LogP contribution in [0.15, 0.2) is 21.4 Å². The molecule has 0 unspecified atom stereocenters. The fourth-order valence-electron chi connectivity index (χ4n) is 1.30. The van der Waals surface area contributed by atoms with E-state index in [9.17, 15) is 0 Å². The number of nitrogens with one attached hydrogen (secondary N) is 2. The molecular weight excluding hydrogens is 164 g/mol. The Kier molecular flexibility index (Phi) is 3.49.